The van der Waals surface area contributed by atoms with Crippen LogP contribution in [0.4, 0.5) is 24.5 Å². The van der Waals surface area contributed by atoms with Crippen molar-refractivity contribution in [3.05, 3.63) is 107 Å². The first-order valence-corrected chi connectivity index (χ1v) is 14.1. The van der Waals surface area contributed by atoms with Crippen LogP contribution in [0, 0.1) is 5.92 Å². The van der Waals surface area contributed by atoms with Crippen molar-refractivity contribution in [2.24, 2.45) is 11.7 Å². The van der Waals surface area contributed by atoms with Gasteiger partial charge in [-0.1, -0.05) is 36.4 Å². The fraction of sp³-hybridized carbons (Fsp3) is 0.281. The highest BCUT2D eigenvalue weighted by Gasteiger charge is 2.31. The number of hydrogen-bond acceptors (Lipinski definition) is 5. The minimum atomic E-state index is -4.48. The fourth-order valence-corrected chi connectivity index (χ4v) is 4.88. The average molecular weight is 591 g/mol. The molecule has 224 valence electrons. The Kier molecular flexibility index (Phi) is 8.93. The second kappa shape index (κ2) is 12.8. The number of alkyl halides is 3. The first-order chi connectivity index (χ1) is 20.6. The summed E-state index contributed by atoms with van der Waals surface area (Å²) in [6, 6.07) is 22.7. The van der Waals surface area contributed by atoms with E-state index in [9.17, 15) is 22.8 Å². The van der Waals surface area contributed by atoms with Crippen molar-refractivity contribution >= 4 is 23.2 Å². The molecule has 0 radical (unpaired) electrons. The standard InChI is InChI=1S/C32H33F3N6O2/c1-20(42)38-25-12-10-23(11-13-25)30(37-19-21-8-9-21)24-5-3-6-26(15-24)39-31(43)29-16-27(17-32(33,34)35)40-41(29)28-7-2-4-22(14-28)18-36/h2-7,10-16,21,30,37H,8-9,17-19,36H2,1H3,(H,38,42)(H,39,43). The third-order valence-corrected chi connectivity index (χ3v) is 7.11. The molecule has 5 rings (SSSR count). The molecule has 0 saturated heterocycles. The lowest BCUT2D eigenvalue weighted by Gasteiger charge is -2.21. The van der Waals surface area contributed by atoms with E-state index in [1.165, 1.54) is 30.5 Å². The second-order valence-electron chi connectivity index (χ2n) is 10.8. The van der Waals surface area contributed by atoms with Crippen molar-refractivity contribution < 1.29 is 22.8 Å². The molecule has 1 fully saturated rings. The van der Waals surface area contributed by atoms with E-state index in [0.29, 0.717) is 23.0 Å². The summed E-state index contributed by atoms with van der Waals surface area (Å²) in [6.07, 6.45) is -3.39. The number of nitrogens with two attached hydrogens (primary N) is 1. The normalized spacial score (nSPS) is 13.9. The molecule has 4 aromatic rings. The molecule has 0 spiro atoms. The highest BCUT2D eigenvalue weighted by Crippen LogP contribution is 2.31. The van der Waals surface area contributed by atoms with Crippen molar-refractivity contribution in [3.8, 4) is 5.69 Å². The number of nitrogens with zero attached hydrogens (tertiary/aromatic N) is 2. The van der Waals surface area contributed by atoms with Crippen molar-refractivity contribution in [1.29, 1.82) is 0 Å². The Labute approximate surface area is 247 Å². The number of carbonyl (C=O) groups excluding carboxylic acids is 2. The Morgan fingerprint density at radius 1 is 0.953 bits per heavy atom. The van der Waals surface area contributed by atoms with Crippen LogP contribution in [0.1, 0.15) is 58.7 Å². The van der Waals surface area contributed by atoms with Crippen LogP contribution in [0.2, 0.25) is 0 Å². The van der Waals surface area contributed by atoms with Gasteiger partial charge in [-0.15, -0.1) is 0 Å². The van der Waals surface area contributed by atoms with Crippen LogP contribution < -0.4 is 21.7 Å². The summed E-state index contributed by atoms with van der Waals surface area (Å²) in [6.45, 7) is 2.51. The van der Waals surface area contributed by atoms with Gasteiger partial charge in [0.05, 0.1) is 23.8 Å². The summed E-state index contributed by atoms with van der Waals surface area (Å²) in [5, 5.41) is 13.4. The highest BCUT2D eigenvalue weighted by molar-refractivity contribution is 6.03. The topological polar surface area (TPSA) is 114 Å². The number of amides is 2. The molecule has 1 aliphatic rings. The molecule has 43 heavy (non-hydrogen) atoms. The number of anilines is 2. The highest BCUT2D eigenvalue weighted by atomic mass is 19.4. The monoisotopic (exact) mass is 590 g/mol. The van der Waals surface area contributed by atoms with Gasteiger partial charge in [0.2, 0.25) is 5.91 Å². The summed E-state index contributed by atoms with van der Waals surface area (Å²) in [5.41, 5.74) is 9.69. The van der Waals surface area contributed by atoms with Crippen LogP contribution in [-0.4, -0.2) is 34.3 Å². The van der Waals surface area contributed by atoms with Crippen molar-refractivity contribution in [1.82, 2.24) is 15.1 Å². The zero-order valence-corrected chi connectivity index (χ0v) is 23.6. The van der Waals surface area contributed by atoms with Crippen molar-refractivity contribution in [2.45, 2.75) is 44.9 Å². The quantitative estimate of drug-likeness (QED) is 0.178. The third kappa shape index (κ3) is 8.08. The minimum absolute atomic E-state index is 0.0317. The summed E-state index contributed by atoms with van der Waals surface area (Å²) in [7, 11) is 0. The first-order valence-electron chi connectivity index (χ1n) is 14.1. The Bertz CT molecular complexity index is 1600. The third-order valence-electron chi connectivity index (χ3n) is 7.11. The molecule has 3 aromatic carbocycles. The van der Waals surface area contributed by atoms with Gasteiger partial charge in [-0.2, -0.15) is 18.3 Å². The lowest BCUT2D eigenvalue weighted by molar-refractivity contribution is -0.127. The largest absolute Gasteiger partial charge is 0.394 e. The lowest BCUT2D eigenvalue weighted by Crippen LogP contribution is -2.25. The number of nitrogens with one attached hydrogen (secondary N) is 3. The zero-order chi connectivity index (χ0) is 30.6. The van der Waals surface area contributed by atoms with Crippen LogP contribution in [0.15, 0.2) is 78.9 Å². The molecule has 8 nitrogen and oxygen atoms in total. The summed E-state index contributed by atoms with van der Waals surface area (Å²) in [4.78, 5) is 25.0. The number of aromatic nitrogens is 2. The molecular formula is C32H33F3N6O2. The maximum atomic E-state index is 13.5. The Morgan fingerprint density at radius 2 is 1.70 bits per heavy atom. The SMILES string of the molecule is CC(=O)Nc1ccc(C(NCC2CC2)c2cccc(NC(=O)c3cc(CC(F)(F)F)nn3-c3cccc(CN)c3)c2)cc1. The Morgan fingerprint density at radius 3 is 2.37 bits per heavy atom. The molecule has 11 heteroatoms. The van der Waals surface area contributed by atoms with Crippen LogP contribution >= 0.6 is 0 Å². The molecule has 1 aliphatic carbocycles. The van der Waals surface area contributed by atoms with E-state index in [0.717, 1.165) is 23.2 Å². The number of hydrogen-bond donors (Lipinski definition) is 4. The van der Waals surface area contributed by atoms with Gasteiger partial charge in [-0.05, 0) is 84.5 Å². The number of halogens is 3. The van der Waals surface area contributed by atoms with E-state index in [2.05, 4.69) is 21.0 Å². The molecule has 1 aromatic heterocycles. The molecule has 1 heterocycles. The second-order valence-corrected chi connectivity index (χ2v) is 10.8. The fourth-order valence-electron chi connectivity index (χ4n) is 4.88. The molecule has 1 atom stereocenters. The predicted molar refractivity (Wildman–Crippen MR) is 159 cm³/mol. The van der Waals surface area contributed by atoms with Crippen LogP contribution in [0.5, 0.6) is 0 Å². The number of rotatable bonds is 11. The number of carbonyl (C=O) groups is 2. The van der Waals surface area contributed by atoms with E-state index in [1.807, 2.05) is 42.5 Å². The molecule has 5 N–H and O–H groups in total. The van der Waals surface area contributed by atoms with Crippen LogP contribution in [0.3, 0.4) is 0 Å². The maximum Gasteiger partial charge on any atom is 0.394 e. The molecule has 1 saturated carbocycles. The molecular weight excluding hydrogens is 557 g/mol. The summed E-state index contributed by atoms with van der Waals surface area (Å²) in [5.74, 6) is -0.134. The Hall–Kier alpha value is -4.48. The lowest BCUT2D eigenvalue weighted by atomic mass is 9.97. The van der Waals surface area contributed by atoms with Crippen LogP contribution in [-0.2, 0) is 17.8 Å². The zero-order valence-electron chi connectivity index (χ0n) is 23.6. The summed E-state index contributed by atoms with van der Waals surface area (Å²) < 4.78 is 40.9. The molecule has 2 amide bonds. The van der Waals surface area contributed by atoms with Gasteiger partial charge < -0.3 is 21.7 Å². The molecule has 0 bridgehead atoms. The van der Waals surface area contributed by atoms with E-state index in [-0.39, 0.29) is 29.9 Å². The van der Waals surface area contributed by atoms with Gasteiger partial charge in [-0.25, -0.2) is 4.68 Å². The maximum absolute atomic E-state index is 13.5. The van der Waals surface area contributed by atoms with Gasteiger partial charge in [0, 0.05) is 24.8 Å². The smallest absolute Gasteiger partial charge is 0.326 e. The first kappa shape index (κ1) is 30.0. The minimum Gasteiger partial charge on any atom is -0.326 e. The average Bonchev–Trinajstić information content (AvgIpc) is 3.70. The van der Waals surface area contributed by atoms with Crippen LogP contribution in [0.25, 0.3) is 5.69 Å². The molecule has 0 aliphatic heterocycles. The van der Waals surface area contributed by atoms with E-state index in [4.69, 9.17) is 5.73 Å². The van der Waals surface area contributed by atoms with E-state index < -0.39 is 18.5 Å². The van der Waals surface area contributed by atoms with Crippen molar-refractivity contribution in [3.63, 3.8) is 0 Å². The molecule has 1 unspecified atom stereocenters. The van der Waals surface area contributed by atoms with Gasteiger partial charge >= 0.3 is 6.18 Å². The number of benzene rings is 3. The van der Waals surface area contributed by atoms with Gasteiger partial charge in [0.25, 0.3) is 5.91 Å². The van der Waals surface area contributed by atoms with Crippen molar-refractivity contribution in [2.75, 3.05) is 17.2 Å². The van der Waals surface area contributed by atoms with Gasteiger partial charge in [0.15, 0.2) is 0 Å². The van der Waals surface area contributed by atoms with Gasteiger partial charge in [0.1, 0.15) is 5.69 Å². The predicted octanol–water partition coefficient (Wildman–Crippen LogP) is 5.74. The Balaban J connectivity index is 1.42. The van der Waals surface area contributed by atoms with E-state index >= 15 is 0 Å². The van der Waals surface area contributed by atoms with E-state index in [1.54, 1.807) is 30.3 Å². The summed E-state index contributed by atoms with van der Waals surface area (Å²) >= 11 is 0. The van der Waals surface area contributed by atoms with Gasteiger partial charge in [-0.3, -0.25) is 9.59 Å².